The van der Waals surface area contributed by atoms with Crippen molar-refractivity contribution in [1.82, 2.24) is 20.9 Å². The molecule has 1 aliphatic rings. The number of rotatable bonds is 8. The van der Waals surface area contributed by atoms with Crippen LogP contribution in [-0.2, 0) is 19.2 Å². The molecule has 1 rings (SSSR count). The van der Waals surface area contributed by atoms with Gasteiger partial charge in [-0.3, -0.25) is 14.4 Å². The van der Waals surface area contributed by atoms with Crippen LogP contribution in [0.4, 0.5) is 0 Å². The minimum absolute atomic E-state index is 0.0805. The van der Waals surface area contributed by atoms with E-state index in [1.807, 2.05) is 7.05 Å². The van der Waals surface area contributed by atoms with Crippen molar-refractivity contribution in [2.75, 3.05) is 33.2 Å². The molecule has 0 aliphatic carbocycles. The third-order valence-electron chi connectivity index (χ3n) is 4.24. The van der Waals surface area contributed by atoms with Crippen molar-refractivity contribution in [2.24, 2.45) is 11.8 Å². The van der Waals surface area contributed by atoms with Gasteiger partial charge in [0.15, 0.2) is 0 Å². The highest BCUT2D eigenvalue weighted by atomic mass is 16.2. The van der Waals surface area contributed by atoms with Gasteiger partial charge in [0.1, 0.15) is 6.29 Å². The Balaban J connectivity index is 0. The van der Waals surface area contributed by atoms with E-state index in [9.17, 15) is 19.2 Å². The number of hydrogen-bond donors (Lipinski definition) is 3. The van der Waals surface area contributed by atoms with Crippen LogP contribution in [0.25, 0.3) is 0 Å². The molecule has 3 N–H and O–H groups in total. The number of nitrogens with one attached hydrogen (secondary N) is 3. The Morgan fingerprint density at radius 1 is 1.10 bits per heavy atom. The number of likely N-dealkylation sites (tertiary alicyclic amines) is 1. The molecule has 174 valence electrons. The summed E-state index contributed by atoms with van der Waals surface area (Å²) in [6.45, 7) is 15.6. The van der Waals surface area contributed by atoms with E-state index in [4.69, 9.17) is 0 Å². The first kappa shape index (κ1) is 30.0. The van der Waals surface area contributed by atoms with Gasteiger partial charge in [0.25, 0.3) is 5.91 Å². The van der Waals surface area contributed by atoms with Gasteiger partial charge in [-0.2, -0.15) is 0 Å². The summed E-state index contributed by atoms with van der Waals surface area (Å²) in [6.07, 6.45) is 4.62. The molecule has 0 bridgehead atoms. The van der Waals surface area contributed by atoms with E-state index < -0.39 is 11.8 Å². The average Bonchev–Trinajstić information content (AvgIpc) is 2.71. The monoisotopic (exact) mass is 426 g/mol. The third kappa shape index (κ3) is 16.7. The molecule has 0 saturated carbocycles. The molecule has 1 fully saturated rings. The summed E-state index contributed by atoms with van der Waals surface area (Å²) in [4.78, 5) is 47.2. The topological polar surface area (TPSA) is 108 Å². The molecule has 0 aromatic heterocycles. The molecule has 1 saturated heterocycles. The van der Waals surface area contributed by atoms with Gasteiger partial charge in [-0.05, 0) is 38.9 Å². The second kappa shape index (κ2) is 18.8. The molecule has 0 atom stereocenters. The van der Waals surface area contributed by atoms with E-state index in [1.165, 1.54) is 12.8 Å². The number of carbonyl (C=O) groups is 4. The van der Waals surface area contributed by atoms with E-state index >= 15 is 0 Å². The van der Waals surface area contributed by atoms with E-state index in [2.05, 4.69) is 62.0 Å². The third-order valence-corrected chi connectivity index (χ3v) is 4.24. The van der Waals surface area contributed by atoms with E-state index in [-0.39, 0.29) is 30.6 Å². The number of piperidine rings is 1. The standard InChI is InChI=1S/C14H22N4O4.C5H12.C3H8/c1-10(13(21)15-5-8-19)17-12(20)9-16-14(22)11-3-6-18(2)7-4-11;1-4-5(2)3;1-3-2/h8,11H,1,3-7,9H2,2H3,(H,15,21)(H,16,22)(H,17,20);5H,4H2,1-3H3;3H2,1-2H3. The van der Waals surface area contributed by atoms with Crippen LogP contribution in [0.2, 0.25) is 0 Å². The van der Waals surface area contributed by atoms with Crippen LogP contribution in [-0.4, -0.2) is 62.1 Å². The first-order chi connectivity index (χ1) is 14.1. The Kier molecular flexibility index (Phi) is 18.8. The zero-order valence-corrected chi connectivity index (χ0v) is 19.7. The fraction of sp³-hybridized carbons (Fsp3) is 0.727. The van der Waals surface area contributed by atoms with Crippen molar-refractivity contribution in [3.8, 4) is 0 Å². The number of amides is 3. The lowest BCUT2D eigenvalue weighted by Crippen LogP contribution is -2.44. The molecule has 1 heterocycles. The summed E-state index contributed by atoms with van der Waals surface area (Å²) >= 11 is 0. The lowest BCUT2D eigenvalue weighted by molar-refractivity contribution is -0.129. The normalized spacial score (nSPS) is 13.7. The summed E-state index contributed by atoms with van der Waals surface area (Å²) in [5.74, 6) is -0.521. The molecule has 8 heteroatoms. The Morgan fingerprint density at radius 2 is 1.60 bits per heavy atom. The van der Waals surface area contributed by atoms with Crippen molar-refractivity contribution in [2.45, 2.75) is 60.3 Å². The van der Waals surface area contributed by atoms with Crippen molar-refractivity contribution in [3.63, 3.8) is 0 Å². The van der Waals surface area contributed by atoms with Gasteiger partial charge in [0.05, 0.1) is 18.8 Å². The lowest BCUT2D eigenvalue weighted by Gasteiger charge is -2.27. The summed E-state index contributed by atoms with van der Waals surface area (Å²) in [7, 11) is 2.00. The zero-order chi connectivity index (χ0) is 23.5. The van der Waals surface area contributed by atoms with Gasteiger partial charge < -0.3 is 25.6 Å². The van der Waals surface area contributed by atoms with Crippen LogP contribution in [0.5, 0.6) is 0 Å². The molecular formula is C22H42N4O4. The number of hydrogen-bond acceptors (Lipinski definition) is 5. The minimum atomic E-state index is -0.637. The van der Waals surface area contributed by atoms with Crippen LogP contribution >= 0.6 is 0 Å². The van der Waals surface area contributed by atoms with E-state index in [1.54, 1.807) is 0 Å². The molecule has 1 aliphatic heterocycles. The second-order valence-electron chi connectivity index (χ2n) is 7.71. The largest absolute Gasteiger partial charge is 0.347 e. The van der Waals surface area contributed by atoms with Crippen LogP contribution in [0, 0.1) is 11.8 Å². The van der Waals surface area contributed by atoms with Gasteiger partial charge >= 0.3 is 0 Å². The number of aldehydes is 1. The van der Waals surface area contributed by atoms with Crippen LogP contribution in [0.1, 0.15) is 60.3 Å². The quantitative estimate of drug-likeness (QED) is 0.406. The summed E-state index contributed by atoms with van der Waals surface area (Å²) in [6, 6.07) is 0. The Hall–Kier alpha value is -2.22. The number of carbonyl (C=O) groups excluding carboxylic acids is 4. The molecule has 8 nitrogen and oxygen atoms in total. The molecule has 0 aromatic rings. The second-order valence-corrected chi connectivity index (χ2v) is 7.71. The molecule has 0 unspecified atom stereocenters. The van der Waals surface area contributed by atoms with Gasteiger partial charge in [-0.25, -0.2) is 0 Å². The van der Waals surface area contributed by atoms with Gasteiger partial charge in [-0.15, -0.1) is 0 Å². The minimum Gasteiger partial charge on any atom is -0.347 e. The van der Waals surface area contributed by atoms with Crippen molar-refractivity contribution >= 4 is 24.0 Å². The van der Waals surface area contributed by atoms with E-state index in [0.717, 1.165) is 31.8 Å². The fourth-order valence-electron chi connectivity index (χ4n) is 2.09. The van der Waals surface area contributed by atoms with Crippen molar-refractivity contribution in [3.05, 3.63) is 12.3 Å². The zero-order valence-electron chi connectivity index (χ0n) is 19.7. The first-order valence-electron chi connectivity index (χ1n) is 10.8. The highest BCUT2D eigenvalue weighted by molar-refractivity contribution is 5.98. The predicted molar refractivity (Wildman–Crippen MR) is 121 cm³/mol. The lowest BCUT2D eigenvalue weighted by atomic mass is 9.96. The first-order valence-corrected chi connectivity index (χ1v) is 10.8. The van der Waals surface area contributed by atoms with Crippen molar-refractivity contribution in [1.29, 1.82) is 0 Å². The molecular weight excluding hydrogens is 384 g/mol. The smallest absolute Gasteiger partial charge is 0.267 e. The molecule has 30 heavy (non-hydrogen) atoms. The fourth-order valence-corrected chi connectivity index (χ4v) is 2.09. The van der Waals surface area contributed by atoms with Crippen LogP contribution < -0.4 is 16.0 Å². The highest BCUT2D eigenvalue weighted by Gasteiger charge is 2.23. The van der Waals surface area contributed by atoms with Crippen molar-refractivity contribution < 1.29 is 19.2 Å². The van der Waals surface area contributed by atoms with Gasteiger partial charge in [-0.1, -0.05) is 54.0 Å². The van der Waals surface area contributed by atoms with Gasteiger partial charge in [0.2, 0.25) is 11.8 Å². The van der Waals surface area contributed by atoms with Crippen LogP contribution in [0.3, 0.4) is 0 Å². The van der Waals surface area contributed by atoms with Gasteiger partial charge in [0, 0.05) is 5.92 Å². The average molecular weight is 427 g/mol. The van der Waals surface area contributed by atoms with Crippen LogP contribution in [0.15, 0.2) is 12.3 Å². The molecule has 0 radical (unpaired) electrons. The van der Waals surface area contributed by atoms with E-state index in [0.29, 0.717) is 6.29 Å². The number of nitrogens with zero attached hydrogens (tertiary/aromatic N) is 1. The molecule has 0 aromatic carbocycles. The summed E-state index contributed by atoms with van der Waals surface area (Å²) in [5.41, 5.74) is -0.166. The summed E-state index contributed by atoms with van der Waals surface area (Å²) in [5, 5.41) is 7.07. The highest BCUT2D eigenvalue weighted by Crippen LogP contribution is 2.15. The Labute approximate surface area is 182 Å². The maximum absolute atomic E-state index is 11.9. The Bertz CT molecular complexity index is 527. The SMILES string of the molecule is C=C(NC(=O)CNC(=O)C1CCN(C)CC1)C(=O)NCC=O.CCC.CCC(C)C. The molecule has 0 spiro atoms. The maximum atomic E-state index is 11.9. The predicted octanol–water partition coefficient (Wildman–Crippen LogP) is 1.86. The Morgan fingerprint density at radius 3 is 2.03 bits per heavy atom. The summed E-state index contributed by atoms with van der Waals surface area (Å²) < 4.78 is 0. The molecule has 3 amide bonds. The maximum Gasteiger partial charge on any atom is 0.267 e.